The van der Waals surface area contributed by atoms with E-state index < -0.39 is 17.5 Å². The molecule has 1 aliphatic rings. The fourth-order valence-electron chi connectivity index (χ4n) is 4.68. The van der Waals surface area contributed by atoms with Gasteiger partial charge in [-0.05, 0) is 56.2 Å². The molecule has 9 nitrogen and oxygen atoms in total. The number of aromatic nitrogens is 3. The Hall–Kier alpha value is -4.47. The molecule has 1 N–H and O–H groups in total. The standard InChI is InChI=1S/C32H35FN4O5/c1-19-35-29(37-42-19)28-27(33)17-26(18-34-28)40-24-13-9-21(10-14-24)32(5,6)20-7-11-23(12-8-20)39-25-15-22(16-25)36-30(38)41-31(2,3)4/h7-14,17-18,22,25H,15-16H2,1-6H3,(H,36,38). The summed E-state index contributed by atoms with van der Waals surface area (Å²) >= 11 is 0. The van der Waals surface area contributed by atoms with Crippen LogP contribution in [0.15, 0.2) is 65.3 Å². The van der Waals surface area contributed by atoms with Crippen LogP contribution in [0.5, 0.6) is 17.2 Å². The van der Waals surface area contributed by atoms with Gasteiger partial charge >= 0.3 is 6.09 Å². The van der Waals surface area contributed by atoms with E-state index in [-0.39, 0.29) is 34.8 Å². The summed E-state index contributed by atoms with van der Waals surface area (Å²) in [5.41, 5.74) is 1.41. The summed E-state index contributed by atoms with van der Waals surface area (Å²) in [5, 5.41) is 6.60. The van der Waals surface area contributed by atoms with E-state index in [1.807, 2.05) is 57.2 Å². The molecule has 0 spiro atoms. The summed E-state index contributed by atoms with van der Waals surface area (Å²) in [6.45, 7) is 11.5. The number of hydrogen-bond donors (Lipinski definition) is 1. The smallest absolute Gasteiger partial charge is 0.407 e. The van der Waals surface area contributed by atoms with Crippen molar-refractivity contribution in [3.63, 3.8) is 0 Å². The highest BCUT2D eigenvalue weighted by atomic mass is 19.1. The minimum atomic E-state index is -0.604. The van der Waals surface area contributed by atoms with Gasteiger partial charge in [0.15, 0.2) is 5.82 Å². The number of carbonyl (C=O) groups is 1. The molecule has 4 aromatic rings. The van der Waals surface area contributed by atoms with E-state index >= 15 is 0 Å². The topological polar surface area (TPSA) is 109 Å². The largest absolute Gasteiger partial charge is 0.490 e. The van der Waals surface area contributed by atoms with Crippen molar-refractivity contribution in [2.45, 2.75) is 77.5 Å². The average molecular weight is 575 g/mol. The van der Waals surface area contributed by atoms with Gasteiger partial charge in [-0.3, -0.25) is 0 Å². The predicted octanol–water partition coefficient (Wildman–Crippen LogP) is 7.13. The zero-order valence-corrected chi connectivity index (χ0v) is 24.6. The minimum absolute atomic E-state index is 0.000183. The van der Waals surface area contributed by atoms with E-state index in [4.69, 9.17) is 18.7 Å². The molecule has 42 heavy (non-hydrogen) atoms. The Morgan fingerprint density at radius 3 is 2.12 bits per heavy atom. The molecular weight excluding hydrogens is 539 g/mol. The molecule has 0 bridgehead atoms. The second-order valence-corrected chi connectivity index (χ2v) is 12.0. The van der Waals surface area contributed by atoms with Crippen LogP contribution < -0.4 is 14.8 Å². The van der Waals surface area contributed by atoms with Gasteiger partial charge in [0.1, 0.15) is 34.6 Å². The van der Waals surface area contributed by atoms with Crippen LogP contribution in [0.4, 0.5) is 9.18 Å². The molecule has 0 saturated heterocycles. The molecule has 2 heterocycles. The molecule has 1 amide bonds. The first-order valence-electron chi connectivity index (χ1n) is 13.9. The normalized spacial score (nSPS) is 16.8. The maximum atomic E-state index is 14.6. The number of nitrogens with one attached hydrogen (secondary N) is 1. The molecule has 2 aromatic heterocycles. The molecule has 10 heteroatoms. The molecule has 5 rings (SSSR count). The summed E-state index contributed by atoms with van der Waals surface area (Å²) < 4.78 is 36.7. The summed E-state index contributed by atoms with van der Waals surface area (Å²) in [7, 11) is 0. The molecule has 2 aromatic carbocycles. The summed E-state index contributed by atoms with van der Waals surface area (Å²) in [4.78, 5) is 20.1. The van der Waals surface area contributed by atoms with Crippen LogP contribution in [0.3, 0.4) is 0 Å². The number of ether oxygens (including phenoxy) is 3. The fourth-order valence-corrected chi connectivity index (χ4v) is 4.68. The molecule has 1 fully saturated rings. The summed E-state index contributed by atoms with van der Waals surface area (Å²) in [6, 6.07) is 17.1. The van der Waals surface area contributed by atoms with Crippen LogP contribution in [-0.4, -0.2) is 39.0 Å². The van der Waals surface area contributed by atoms with E-state index in [2.05, 4.69) is 46.4 Å². The highest BCUT2D eigenvalue weighted by Gasteiger charge is 2.33. The van der Waals surface area contributed by atoms with Crippen molar-refractivity contribution in [1.82, 2.24) is 20.4 Å². The van der Waals surface area contributed by atoms with Gasteiger partial charge in [0.25, 0.3) is 0 Å². The van der Waals surface area contributed by atoms with Crippen molar-refractivity contribution in [3.05, 3.63) is 83.6 Å². The Balaban J connectivity index is 1.15. The van der Waals surface area contributed by atoms with Gasteiger partial charge in [0, 0.05) is 37.3 Å². The van der Waals surface area contributed by atoms with Crippen LogP contribution in [0.25, 0.3) is 11.5 Å². The number of carbonyl (C=O) groups excluding carboxylic acids is 1. The van der Waals surface area contributed by atoms with Gasteiger partial charge in [-0.2, -0.15) is 4.98 Å². The number of amides is 1. The van der Waals surface area contributed by atoms with Gasteiger partial charge < -0.3 is 24.1 Å². The maximum Gasteiger partial charge on any atom is 0.407 e. The number of hydrogen-bond acceptors (Lipinski definition) is 8. The fraction of sp³-hybridized carbons (Fsp3) is 0.375. The summed E-state index contributed by atoms with van der Waals surface area (Å²) in [6.07, 6.45) is 2.57. The Morgan fingerprint density at radius 2 is 1.57 bits per heavy atom. The quantitative estimate of drug-likeness (QED) is 0.237. The highest BCUT2D eigenvalue weighted by Crippen LogP contribution is 2.35. The van der Waals surface area contributed by atoms with E-state index in [1.54, 1.807) is 6.92 Å². The Morgan fingerprint density at radius 1 is 0.952 bits per heavy atom. The monoisotopic (exact) mass is 574 g/mol. The lowest BCUT2D eigenvalue weighted by Crippen LogP contribution is -2.50. The van der Waals surface area contributed by atoms with Crippen molar-refractivity contribution >= 4 is 6.09 Å². The van der Waals surface area contributed by atoms with Crippen molar-refractivity contribution in [3.8, 4) is 28.8 Å². The van der Waals surface area contributed by atoms with Crippen molar-refractivity contribution < 1.29 is 27.9 Å². The van der Waals surface area contributed by atoms with Gasteiger partial charge in [0.2, 0.25) is 11.7 Å². The number of aryl methyl sites for hydroxylation is 1. The van der Waals surface area contributed by atoms with Gasteiger partial charge in [0.05, 0.1) is 6.20 Å². The van der Waals surface area contributed by atoms with Crippen molar-refractivity contribution in [1.29, 1.82) is 0 Å². The molecule has 220 valence electrons. The zero-order chi connectivity index (χ0) is 30.1. The highest BCUT2D eigenvalue weighted by molar-refractivity contribution is 5.68. The lowest BCUT2D eigenvalue weighted by atomic mass is 9.78. The first-order chi connectivity index (χ1) is 19.9. The number of pyridine rings is 1. The molecular formula is C32H35FN4O5. The number of benzene rings is 2. The van der Waals surface area contributed by atoms with E-state index in [1.165, 1.54) is 12.3 Å². The third kappa shape index (κ3) is 6.87. The van der Waals surface area contributed by atoms with Gasteiger partial charge in [-0.25, -0.2) is 14.2 Å². The molecule has 0 atom stereocenters. The molecule has 0 unspecified atom stereocenters. The van der Waals surface area contributed by atoms with Crippen LogP contribution in [0, 0.1) is 12.7 Å². The molecule has 1 saturated carbocycles. The predicted molar refractivity (Wildman–Crippen MR) is 154 cm³/mol. The van der Waals surface area contributed by atoms with E-state index in [0.717, 1.165) is 29.7 Å². The van der Waals surface area contributed by atoms with Crippen molar-refractivity contribution in [2.75, 3.05) is 0 Å². The Labute approximate surface area is 244 Å². The molecule has 0 aliphatic heterocycles. The number of halogens is 1. The lowest BCUT2D eigenvalue weighted by molar-refractivity contribution is 0.0363. The summed E-state index contributed by atoms with van der Waals surface area (Å²) in [5.74, 6) is 1.43. The third-order valence-electron chi connectivity index (χ3n) is 7.06. The first kappa shape index (κ1) is 29.0. The van der Waals surface area contributed by atoms with E-state index in [9.17, 15) is 9.18 Å². The average Bonchev–Trinajstić information content (AvgIpc) is 3.33. The van der Waals surface area contributed by atoms with Crippen LogP contribution in [0.2, 0.25) is 0 Å². The third-order valence-corrected chi connectivity index (χ3v) is 7.06. The zero-order valence-electron chi connectivity index (χ0n) is 24.6. The van der Waals surface area contributed by atoms with Crippen molar-refractivity contribution in [2.24, 2.45) is 0 Å². The number of alkyl carbamates (subject to hydrolysis) is 1. The van der Waals surface area contributed by atoms with Crippen LogP contribution >= 0.6 is 0 Å². The first-order valence-corrected chi connectivity index (χ1v) is 13.9. The minimum Gasteiger partial charge on any atom is -0.490 e. The van der Waals surface area contributed by atoms with E-state index in [0.29, 0.717) is 11.6 Å². The Kier molecular flexibility index (Phi) is 7.90. The second kappa shape index (κ2) is 11.4. The maximum absolute atomic E-state index is 14.6. The molecule has 0 radical (unpaired) electrons. The second-order valence-electron chi connectivity index (χ2n) is 12.0. The van der Waals surface area contributed by atoms with Gasteiger partial charge in [-0.1, -0.05) is 43.3 Å². The Bertz CT molecular complexity index is 1540. The molecule has 1 aliphatic carbocycles. The lowest BCUT2D eigenvalue weighted by Gasteiger charge is -2.36. The van der Waals surface area contributed by atoms with Crippen LogP contribution in [0.1, 0.15) is 64.5 Å². The van der Waals surface area contributed by atoms with Crippen LogP contribution in [-0.2, 0) is 10.2 Å². The SMILES string of the molecule is Cc1nc(-c2ncc(Oc3ccc(C(C)(C)c4ccc(OC5CC(NC(=O)OC(C)(C)C)C5)cc4)cc3)cc2F)no1. The van der Waals surface area contributed by atoms with Gasteiger partial charge in [-0.15, -0.1) is 0 Å². The number of rotatable bonds is 8. The number of nitrogens with zero attached hydrogens (tertiary/aromatic N) is 3.